The number of benzene rings is 2. The fourth-order valence-electron chi connectivity index (χ4n) is 2.74. The van der Waals surface area contributed by atoms with Gasteiger partial charge in [-0.05, 0) is 48.9 Å². The van der Waals surface area contributed by atoms with Crippen molar-refractivity contribution in [3.05, 3.63) is 52.3 Å². The Bertz CT molecular complexity index is 895. The van der Waals surface area contributed by atoms with Crippen LogP contribution in [0.5, 0.6) is 11.5 Å². The van der Waals surface area contributed by atoms with Gasteiger partial charge in [0.2, 0.25) is 11.8 Å². The topological polar surface area (TPSA) is 76.7 Å². The number of fused-ring (bicyclic) bond motifs is 1. The van der Waals surface area contributed by atoms with Crippen LogP contribution in [0.15, 0.2) is 40.9 Å². The first kappa shape index (κ1) is 21.4. The Morgan fingerprint density at radius 2 is 1.72 bits per heavy atom. The van der Waals surface area contributed by atoms with Gasteiger partial charge in [-0.3, -0.25) is 9.59 Å². The molecule has 0 radical (unpaired) electrons. The number of halogens is 2. The van der Waals surface area contributed by atoms with Crippen LogP contribution >= 0.6 is 27.7 Å². The molecule has 0 aliphatic carbocycles. The van der Waals surface area contributed by atoms with Crippen LogP contribution in [0.2, 0.25) is 0 Å². The highest BCUT2D eigenvalue weighted by molar-refractivity contribution is 9.10. The van der Waals surface area contributed by atoms with E-state index in [2.05, 4.69) is 26.6 Å². The zero-order valence-corrected chi connectivity index (χ0v) is 18.1. The summed E-state index contributed by atoms with van der Waals surface area (Å²) in [6.07, 6.45) is 0. The predicted molar refractivity (Wildman–Crippen MR) is 114 cm³/mol. The molecule has 9 heteroatoms. The van der Waals surface area contributed by atoms with Gasteiger partial charge in [0, 0.05) is 10.2 Å². The van der Waals surface area contributed by atoms with Crippen molar-refractivity contribution in [3.8, 4) is 11.5 Å². The molecule has 1 atom stereocenters. The van der Waals surface area contributed by atoms with Gasteiger partial charge in [-0.1, -0.05) is 15.9 Å². The Kier molecular flexibility index (Phi) is 7.38. The standard InChI is InChI=1S/C20H20BrFN2O4S/c1-12(15-8-17-18(9-16(15)21)28-7-6-27-17)23-19(25)10-29-11-20(26)24-14-4-2-13(22)3-5-14/h2-5,8-9,12H,6-7,10-11H2,1H3,(H,23,25)(H,24,26). The van der Waals surface area contributed by atoms with Crippen molar-refractivity contribution in [3.63, 3.8) is 0 Å². The molecule has 0 saturated heterocycles. The second kappa shape index (κ2) is 9.98. The third-order valence-electron chi connectivity index (χ3n) is 4.10. The smallest absolute Gasteiger partial charge is 0.234 e. The van der Waals surface area contributed by atoms with Gasteiger partial charge in [-0.2, -0.15) is 0 Å². The second-order valence-corrected chi connectivity index (χ2v) is 8.19. The van der Waals surface area contributed by atoms with Crippen LogP contribution in [-0.2, 0) is 9.59 Å². The summed E-state index contributed by atoms with van der Waals surface area (Å²) in [5, 5.41) is 5.57. The molecule has 0 fully saturated rings. The Morgan fingerprint density at radius 1 is 1.10 bits per heavy atom. The molecule has 0 bridgehead atoms. The summed E-state index contributed by atoms with van der Waals surface area (Å²) in [6, 6.07) is 8.95. The number of anilines is 1. The number of ether oxygens (including phenoxy) is 2. The molecular weight excluding hydrogens is 463 g/mol. The highest BCUT2D eigenvalue weighted by Crippen LogP contribution is 2.37. The molecule has 1 heterocycles. The lowest BCUT2D eigenvalue weighted by Crippen LogP contribution is -2.29. The zero-order valence-electron chi connectivity index (χ0n) is 15.7. The summed E-state index contributed by atoms with van der Waals surface area (Å²) in [4.78, 5) is 24.1. The van der Waals surface area contributed by atoms with Gasteiger partial charge in [0.15, 0.2) is 11.5 Å². The van der Waals surface area contributed by atoms with E-state index in [9.17, 15) is 14.0 Å². The van der Waals surface area contributed by atoms with E-state index in [0.717, 1.165) is 10.0 Å². The van der Waals surface area contributed by atoms with Gasteiger partial charge in [-0.25, -0.2) is 4.39 Å². The van der Waals surface area contributed by atoms with E-state index >= 15 is 0 Å². The number of hydrogen-bond acceptors (Lipinski definition) is 5. The molecule has 2 N–H and O–H groups in total. The summed E-state index contributed by atoms with van der Waals surface area (Å²) in [7, 11) is 0. The number of thioether (sulfide) groups is 1. The van der Waals surface area contributed by atoms with Gasteiger partial charge in [0.25, 0.3) is 0 Å². The summed E-state index contributed by atoms with van der Waals surface area (Å²) >= 11 is 4.71. The Balaban J connectivity index is 1.45. The quantitative estimate of drug-likeness (QED) is 0.625. The van der Waals surface area contributed by atoms with Crippen molar-refractivity contribution in [1.82, 2.24) is 5.32 Å². The molecule has 2 aromatic carbocycles. The number of nitrogens with one attached hydrogen (secondary N) is 2. The number of carbonyl (C=O) groups is 2. The minimum Gasteiger partial charge on any atom is -0.486 e. The van der Waals surface area contributed by atoms with Crippen molar-refractivity contribution < 1.29 is 23.5 Å². The van der Waals surface area contributed by atoms with Crippen LogP contribution < -0.4 is 20.1 Å². The highest BCUT2D eigenvalue weighted by Gasteiger charge is 2.19. The van der Waals surface area contributed by atoms with Crippen molar-refractivity contribution in [2.45, 2.75) is 13.0 Å². The van der Waals surface area contributed by atoms with E-state index < -0.39 is 0 Å². The highest BCUT2D eigenvalue weighted by atomic mass is 79.9. The van der Waals surface area contributed by atoms with Crippen molar-refractivity contribution in [2.75, 3.05) is 30.0 Å². The van der Waals surface area contributed by atoms with Gasteiger partial charge >= 0.3 is 0 Å². The first-order chi connectivity index (χ1) is 13.9. The molecule has 1 aliphatic rings. The van der Waals surface area contributed by atoms with Crippen LogP contribution in [0.4, 0.5) is 10.1 Å². The molecule has 3 rings (SSSR count). The molecule has 6 nitrogen and oxygen atoms in total. The molecule has 2 amide bonds. The van der Waals surface area contributed by atoms with E-state index in [0.29, 0.717) is 30.4 Å². The van der Waals surface area contributed by atoms with Gasteiger partial charge in [-0.15, -0.1) is 11.8 Å². The first-order valence-electron chi connectivity index (χ1n) is 8.94. The number of carbonyl (C=O) groups excluding carboxylic acids is 2. The van der Waals surface area contributed by atoms with Gasteiger partial charge < -0.3 is 20.1 Å². The summed E-state index contributed by atoms with van der Waals surface area (Å²) in [5.41, 5.74) is 1.39. The fraction of sp³-hybridized carbons (Fsp3) is 0.300. The monoisotopic (exact) mass is 482 g/mol. The minimum atomic E-state index is -0.368. The number of hydrogen-bond donors (Lipinski definition) is 2. The van der Waals surface area contributed by atoms with Crippen LogP contribution in [0.3, 0.4) is 0 Å². The number of rotatable bonds is 7. The third kappa shape index (κ3) is 6.11. The maximum Gasteiger partial charge on any atom is 0.234 e. The maximum atomic E-state index is 12.9. The zero-order chi connectivity index (χ0) is 20.8. The Labute approximate surface area is 180 Å². The molecule has 2 aromatic rings. The van der Waals surface area contributed by atoms with Crippen LogP contribution in [0.1, 0.15) is 18.5 Å². The fourth-order valence-corrected chi connectivity index (χ4v) is 4.03. The van der Waals surface area contributed by atoms with Crippen LogP contribution in [0.25, 0.3) is 0 Å². The summed E-state index contributed by atoms with van der Waals surface area (Å²) < 4.78 is 24.8. The summed E-state index contributed by atoms with van der Waals surface area (Å²) in [6.45, 7) is 2.88. The molecule has 0 aromatic heterocycles. The van der Waals surface area contributed by atoms with E-state index in [1.165, 1.54) is 36.0 Å². The average Bonchev–Trinajstić information content (AvgIpc) is 2.69. The van der Waals surface area contributed by atoms with Crippen LogP contribution in [0, 0.1) is 5.82 Å². The van der Waals surface area contributed by atoms with Crippen LogP contribution in [-0.4, -0.2) is 36.5 Å². The molecule has 1 unspecified atom stereocenters. The molecule has 0 spiro atoms. The molecule has 1 aliphatic heterocycles. The van der Waals surface area contributed by atoms with E-state index in [1.807, 2.05) is 19.1 Å². The van der Waals surface area contributed by atoms with Crippen molar-refractivity contribution >= 4 is 45.2 Å². The maximum absolute atomic E-state index is 12.9. The SMILES string of the molecule is CC(NC(=O)CSCC(=O)Nc1ccc(F)cc1)c1cc2c(cc1Br)OCCO2. The van der Waals surface area contributed by atoms with E-state index in [-0.39, 0.29) is 35.2 Å². The first-order valence-corrected chi connectivity index (χ1v) is 10.9. The van der Waals surface area contributed by atoms with Crippen molar-refractivity contribution in [2.24, 2.45) is 0 Å². The lowest BCUT2D eigenvalue weighted by atomic mass is 10.1. The molecule has 154 valence electrons. The second-order valence-electron chi connectivity index (χ2n) is 6.35. The lowest BCUT2D eigenvalue weighted by molar-refractivity contribution is -0.119. The predicted octanol–water partition coefficient (Wildman–Crippen LogP) is 3.91. The van der Waals surface area contributed by atoms with Crippen molar-refractivity contribution in [1.29, 1.82) is 0 Å². The molecule has 0 saturated carbocycles. The normalized spacial score (nSPS) is 13.5. The minimum absolute atomic E-state index is 0.118. The number of amides is 2. The largest absolute Gasteiger partial charge is 0.486 e. The Morgan fingerprint density at radius 3 is 2.41 bits per heavy atom. The molecular formula is C20H20BrFN2O4S. The summed E-state index contributed by atoms with van der Waals surface area (Å²) in [5.74, 6) is 0.787. The lowest BCUT2D eigenvalue weighted by Gasteiger charge is -2.22. The molecule has 29 heavy (non-hydrogen) atoms. The van der Waals surface area contributed by atoms with E-state index in [1.54, 1.807) is 0 Å². The average molecular weight is 483 g/mol. The van der Waals surface area contributed by atoms with E-state index in [4.69, 9.17) is 9.47 Å². The third-order valence-corrected chi connectivity index (χ3v) is 5.72. The Hall–Kier alpha value is -2.26. The van der Waals surface area contributed by atoms with Gasteiger partial charge in [0.1, 0.15) is 19.0 Å². The van der Waals surface area contributed by atoms with Gasteiger partial charge in [0.05, 0.1) is 17.5 Å².